The lowest BCUT2D eigenvalue weighted by Crippen LogP contribution is -2.53. The Balaban J connectivity index is 1.71. The second-order valence-corrected chi connectivity index (χ2v) is 8.17. The summed E-state index contributed by atoms with van der Waals surface area (Å²) in [5.41, 5.74) is 8.30. The number of nitrogens with zero attached hydrogens (tertiary/aromatic N) is 1. The highest BCUT2D eigenvalue weighted by atomic mass is 35.5. The van der Waals surface area contributed by atoms with Gasteiger partial charge in [0.15, 0.2) is 0 Å². The van der Waals surface area contributed by atoms with Crippen LogP contribution in [0.4, 0.5) is 5.82 Å². The van der Waals surface area contributed by atoms with Gasteiger partial charge in [-0.15, -0.1) is 0 Å². The molecule has 2 aromatic carbocycles. The van der Waals surface area contributed by atoms with E-state index in [4.69, 9.17) is 17.3 Å². The summed E-state index contributed by atoms with van der Waals surface area (Å²) in [6.07, 6.45) is 2.42. The maximum atomic E-state index is 13.1. The first-order valence-electron chi connectivity index (χ1n) is 10.7. The fraction of sp³-hybridized carbons (Fsp3) is 0.240. The van der Waals surface area contributed by atoms with Gasteiger partial charge < -0.3 is 21.7 Å². The first-order valence-corrected chi connectivity index (χ1v) is 11.1. The van der Waals surface area contributed by atoms with Crippen molar-refractivity contribution in [3.8, 4) is 0 Å². The molecule has 1 aromatic heterocycles. The molecule has 7 nitrogen and oxygen atoms in total. The maximum Gasteiger partial charge on any atom is 0.243 e. The average molecular weight is 466 g/mol. The van der Waals surface area contributed by atoms with Crippen molar-refractivity contribution >= 4 is 29.2 Å². The summed E-state index contributed by atoms with van der Waals surface area (Å²) < 4.78 is 0. The molecule has 0 bridgehead atoms. The van der Waals surface area contributed by atoms with Gasteiger partial charge in [-0.1, -0.05) is 60.1 Å². The van der Waals surface area contributed by atoms with Crippen LogP contribution in [-0.2, 0) is 29.0 Å². The number of pyridine rings is 1. The lowest BCUT2D eigenvalue weighted by atomic mass is 10.0. The van der Waals surface area contributed by atoms with Crippen molar-refractivity contribution < 1.29 is 9.59 Å². The highest BCUT2D eigenvalue weighted by Gasteiger charge is 2.25. The van der Waals surface area contributed by atoms with Crippen LogP contribution in [-0.4, -0.2) is 35.9 Å². The number of amides is 2. The van der Waals surface area contributed by atoms with Gasteiger partial charge in [0.25, 0.3) is 0 Å². The molecule has 172 valence electrons. The van der Waals surface area contributed by atoms with Crippen LogP contribution in [0.1, 0.15) is 16.7 Å². The van der Waals surface area contributed by atoms with Crippen molar-refractivity contribution in [3.05, 3.63) is 94.6 Å². The van der Waals surface area contributed by atoms with Gasteiger partial charge in [0.2, 0.25) is 11.8 Å². The van der Waals surface area contributed by atoms with Crippen molar-refractivity contribution in [1.29, 1.82) is 0 Å². The van der Waals surface area contributed by atoms with Crippen molar-refractivity contribution in [2.24, 2.45) is 0 Å². The lowest BCUT2D eigenvalue weighted by molar-refractivity contribution is -0.130. The molecule has 2 atom stereocenters. The molecule has 0 saturated heterocycles. The van der Waals surface area contributed by atoms with Gasteiger partial charge in [0.05, 0.1) is 6.04 Å². The number of benzene rings is 2. The fourth-order valence-corrected chi connectivity index (χ4v) is 3.62. The molecule has 0 fully saturated rings. The van der Waals surface area contributed by atoms with Crippen LogP contribution in [0.3, 0.4) is 0 Å². The summed E-state index contributed by atoms with van der Waals surface area (Å²) in [7, 11) is 1.73. The van der Waals surface area contributed by atoms with Crippen LogP contribution < -0.4 is 21.7 Å². The minimum Gasteiger partial charge on any atom is -0.384 e. The summed E-state index contributed by atoms with van der Waals surface area (Å²) >= 11 is 6.12. The standard InChI is InChI=1S/C25H28ClN5O2/c1-28-21(13-17-6-3-2-4-7-17)25(33)31-22(14-18-8-5-9-20(26)12-18)24(32)30-16-19-10-11-23(27)29-15-19/h2-12,15,21-22,28H,13-14,16H2,1H3,(H2,27,29)(H,30,32)(H,31,33)/t21?,22-/m0/s1. The van der Waals surface area contributed by atoms with Crippen molar-refractivity contribution in [3.63, 3.8) is 0 Å². The van der Waals surface area contributed by atoms with Crippen LogP contribution in [0.25, 0.3) is 0 Å². The summed E-state index contributed by atoms with van der Waals surface area (Å²) in [6.45, 7) is 0.271. The third-order valence-corrected chi connectivity index (χ3v) is 5.46. The summed E-state index contributed by atoms with van der Waals surface area (Å²) in [4.78, 5) is 30.1. The predicted octanol–water partition coefficient (Wildman–Crippen LogP) is 2.49. The van der Waals surface area contributed by atoms with Gasteiger partial charge in [-0.05, 0) is 48.4 Å². The van der Waals surface area contributed by atoms with E-state index < -0.39 is 12.1 Å². The Bertz CT molecular complexity index is 1060. The van der Waals surface area contributed by atoms with Gasteiger partial charge in [0.1, 0.15) is 11.9 Å². The molecule has 0 spiro atoms. The van der Waals surface area contributed by atoms with Gasteiger partial charge >= 0.3 is 0 Å². The molecule has 33 heavy (non-hydrogen) atoms. The molecule has 1 heterocycles. The number of hydrogen-bond acceptors (Lipinski definition) is 5. The number of nitrogens with one attached hydrogen (secondary N) is 3. The Morgan fingerprint density at radius 2 is 1.64 bits per heavy atom. The highest BCUT2D eigenvalue weighted by molar-refractivity contribution is 6.30. The van der Waals surface area contributed by atoms with Gasteiger partial charge in [-0.3, -0.25) is 9.59 Å². The van der Waals surface area contributed by atoms with E-state index in [2.05, 4.69) is 20.9 Å². The van der Waals surface area contributed by atoms with Crippen molar-refractivity contribution in [1.82, 2.24) is 20.9 Å². The zero-order valence-corrected chi connectivity index (χ0v) is 19.2. The summed E-state index contributed by atoms with van der Waals surface area (Å²) in [5, 5.41) is 9.40. The summed E-state index contributed by atoms with van der Waals surface area (Å²) in [5.74, 6) is -0.139. The number of nitrogen functional groups attached to an aromatic ring is 1. The second-order valence-electron chi connectivity index (χ2n) is 7.74. The van der Waals surface area contributed by atoms with Crippen LogP contribution in [0, 0.1) is 0 Å². The number of carbonyl (C=O) groups excluding carboxylic acids is 2. The Kier molecular flexibility index (Phi) is 8.80. The number of anilines is 1. The summed E-state index contributed by atoms with van der Waals surface area (Å²) in [6, 6.07) is 19.2. The van der Waals surface area contributed by atoms with Gasteiger partial charge in [-0.25, -0.2) is 4.98 Å². The van der Waals surface area contributed by atoms with E-state index in [1.165, 1.54) is 0 Å². The van der Waals surface area contributed by atoms with Crippen molar-refractivity contribution in [2.75, 3.05) is 12.8 Å². The average Bonchev–Trinajstić information content (AvgIpc) is 2.82. The van der Waals surface area contributed by atoms with Crippen LogP contribution in [0.15, 0.2) is 72.9 Å². The van der Waals surface area contributed by atoms with E-state index in [0.717, 1.165) is 16.7 Å². The molecule has 0 aliphatic heterocycles. The third-order valence-electron chi connectivity index (χ3n) is 5.22. The van der Waals surface area contributed by atoms with Crippen LogP contribution in [0.5, 0.6) is 0 Å². The van der Waals surface area contributed by atoms with E-state index >= 15 is 0 Å². The molecule has 8 heteroatoms. The normalized spacial score (nSPS) is 12.5. The van der Waals surface area contributed by atoms with E-state index in [1.807, 2.05) is 42.5 Å². The zero-order valence-electron chi connectivity index (χ0n) is 18.4. The number of rotatable bonds is 10. The number of hydrogen-bond donors (Lipinski definition) is 4. The van der Waals surface area contributed by atoms with E-state index in [1.54, 1.807) is 37.5 Å². The molecule has 0 radical (unpaired) electrons. The number of halogens is 1. The minimum absolute atomic E-state index is 0.252. The topological polar surface area (TPSA) is 109 Å². The molecule has 0 saturated carbocycles. The van der Waals surface area contributed by atoms with Crippen LogP contribution >= 0.6 is 11.6 Å². The Labute approximate surface area is 198 Å². The first kappa shape index (κ1) is 24.2. The third kappa shape index (κ3) is 7.59. The molecular formula is C25H28ClN5O2. The fourth-order valence-electron chi connectivity index (χ4n) is 3.41. The van der Waals surface area contributed by atoms with Gasteiger partial charge in [-0.2, -0.15) is 0 Å². The Morgan fingerprint density at radius 3 is 2.30 bits per heavy atom. The largest absolute Gasteiger partial charge is 0.384 e. The Morgan fingerprint density at radius 1 is 0.909 bits per heavy atom. The molecule has 3 aromatic rings. The number of likely N-dealkylation sites (N-methyl/N-ethyl adjacent to an activating group) is 1. The number of carbonyl (C=O) groups is 2. The molecule has 1 unspecified atom stereocenters. The maximum absolute atomic E-state index is 13.1. The predicted molar refractivity (Wildman–Crippen MR) is 131 cm³/mol. The smallest absolute Gasteiger partial charge is 0.243 e. The molecule has 5 N–H and O–H groups in total. The second kappa shape index (κ2) is 12.0. The molecule has 2 amide bonds. The molecule has 0 aliphatic carbocycles. The number of nitrogens with two attached hydrogens (primary N) is 1. The SMILES string of the molecule is CNC(Cc1ccccc1)C(=O)N[C@@H](Cc1cccc(Cl)c1)C(=O)NCc1ccc(N)nc1. The van der Waals surface area contributed by atoms with E-state index in [9.17, 15) is 9.59 Å². The lowest BCUT2D eigenvalue weighted by Gasteiger charge is -2.22. The van der Waals surface area contributed by atoms with Gasteiger partial charge in [0, 0.05) is 24.2 Å². The van der Waals surface area contributed by atoms with E-state index in [0.29, 0.717) is 23.7 Å². The zero-order chi connectivity index (χ0) is 23.6. The first-order chi connectivity index (χ1) is 15.9. The molecule has 3 rings (SSSR count). The highest BCUT2D eigenvalue weighted by Crippen LogP contribution is 2.13. The number of aromatic nitrogens is 1. The van der Waals surface area contributed by atoms with Crippen molar-refractivity contribution in [2.45, 2.75) is 31.5 Å². The van der Waals surface area contributed by atoms with E-state index in [-0.39, 0.29) is 18.4 Å². The monoisotopic (exact) mass is 465 g/mol. The van der Waals surface area contributed by atoms with Crippen LogP contribution in [0.2, 0.25) is 5.02 Å². The molecular weight excluding hydrogens is 438 g/mol. The minimum atomic E-state index is -0.774. The molecule has 0 aliphatic rings. The quantitative estimate of drug-likeness (QED) is 0.368. The Hall–Kier alpha value is -3.42.